The molecule has 17 heavy (non-hydrogen) atoms. The van der Waals surface area contributed by atoms with Crippen LogP contribution in [0.15, 0.2) is 12.5 Å². The van der Waals surface area contributed by atoms with Crippen molar-refractivity contribution in [3.05, 3.63) is 18.2 Å². The minimum atomic E-state index is 0.489. The van der Waals surface area contributed by atoms with Gasteiger partial charge in [-0.05, 0) is 33.7 Å². The molecule has 1 N–H and O–H groups in total. The van der Waals surface area contributed by atoms with Crippen LogP contribution in [0.1, 0.15) is 38.4 Å². The number of rotatable bonds is 7. The summed E-state index contributed by atoms with van der Waals surface area (Å²) in [6, 6.07) is 1.35. The maximum Gasteiger partial charge on any atom is 0.0951 e. The molecule has 0 atom stereocenters. The lowest BCUT2D eigenvalue weighted by molar-refractivity contribution is 0.321. The van der Waals surface area contributed by atoms with E-state index in [1.165, 1.54) is 18.5 Å². The van der Waals surface area contributed by atoms with Crippen LogP contribution in [0.2, 0.25) is 0 Å². The molecule has 2 rings (SSSR count). The molecule has 1 aliphatic rings. The lowest BCUT2D eigenvalue weighted by Gasteiger charge is -2.16. The summed E-state index contributed by atoms with van der Waals surface area (Å²) in [5.74, 6) is 0. The standard InChI is InChI=1S/C13H24N4/c1-11(2)17-10-15-9-13(17)8-14-6-7-16(3)12-4-5-12/h9-12,14H,4-8H2,1-3H3. The molecule has 0 bridgehead atoms. The third-order valence-corrected chi connectivity index (χ3v) is 3.42. The third-order valence-electron chi connectivity index (χ3n) is 3.42. The predicted octanol–water partition coefficient (Wildman–Crippen LogP) is 1.65. The fourth-order valence-corrected chi connectivity index (χ4v) is 2.10. The van der Waals surface area contributed by atoms with Crippen molar-refractivity contribution >= 4 is 0 Å². The Kier molecular flexibility index (Phi) is 4.18. The van der Waals surface area contributed by atoms with Gasteiger partial charge in [-0.25, -0.2) is 4.98 Å². The first-order valence-electron chi connectivity index (χ1n) is 6.60. The highest BCUT2D eigenvalue weighted by molar-refractivity contribution is 4.99. The smallest absolute Gasteiger partial charge is 0.0951 e. The maximum atomic E-state index is 4.21. The number of aromatic nitrogens is 2. The van der Waals surface area contributed by atoms with Crippen LogP contribution in [0.4, 0.5) is 0 Å². The van der Waals surface area contributed by atoms with Gasteiger partial charge in [0.1, 0.15) is 0 Å². The summed E-state index contributed by atoms with van der Waals surface area (Å²) >= 11 is 0. The van der Waals surface area contributed by atoms with E-state index in [1.807, 2.05) is 12.5 Å². The van der Waals surface area contributed by atoms with E-state index in [9.17, 15) is 0 Å². The van der Waals surface area contributed by atoms with Crippen LogP contribution < -0.4 is 5.32 Å². The van der Waals surface area contributed by atoms with Crippen molar-refractivity contribution in [1.82, 2.24) is 19.8 Å². The summed E-state index contributed by atoms with van der Waals surface area (Å²) in [5, 5.41) is 3.49. The molecular weight excluding hydrogens is 212 g/mol. The van der Waals surface area contributed by atoms with Crippen LogP contribution in [-0.4, -0.2) is 40.6 Å². The summed E-state index contributed by atoms with van der Waals surface area (Å²) < 4.78 is 2.22. The number of nitrogens with one attached hydrogen (secondary N) is 1. The molecule has 0 amide bonds. The highest BCUT2D eigenvalue weighted by Crippen LogP contribution is 2.24. The van der Waals surface area contributed by atoms with Crippen LogP contribution >= 0.6 is 0 Å². The Hall–Kier alpha value is -0.870. The Bertz CT molecular complexity index is 341. The van der Waals surface area contributed by atoms with Gasteiger partial charge in [0.25, 0.3) is 0 Å². The zero-order valence-electron chi connectivity index (χ0n) is 11.2. The van der Waals surface area contributed by atoms with E-state index in [0.29, 0.717) is 6.04 Å². The fraction of sp³-hybridized carbons (Fsp3) is 0.769. The Morgan fingerprint density at radius 3 is 2.94 bits per heavy atom. The highest BCUT2D eigenvalue weighted by Gasteiger charge is 2.25. The number of hydrogen-bond donors (Lipinski definition) is 1. The molecule has 1 aromatic rings. The van der Waals surface area contributed by atoms with Gasteiger partial charge in [0.05, 0.1) is 12.0 Å². The van der Waals surface area contributed by atoms with Crippen LogP contribution in [0.5, 0.6) is 0 Å². The van der Waals surface area contributed by atoms with Crippen molar-refractivity contribution in [2.24, 2.45) is 0 Å². The number of nitrogens with zero attached hydrogens (tertiary/aromatic N) is 3. The van der Waals surface area contributed by atoms with Gasteiger partial charge in [-0.3, -0.25) is 0 Å². The largest absolute Gasteiger partial charge is 0.331 e. The van der Waals surface area contributed by atoms with Crippen molar-refractivity contribution in [3.8, 4) is 0 Å². The third kappa shape index (κ3) is 3.54. The molecule has 1 heterocycles. The second-order valence-corrected chi connectivity index (χ2v) is 5.27. The molecule has 1 aromatic heterocycles. The molecule has 0 radical (unpaired) electrons. The second-order valence-electron chi connectivity index (χ2n) is 5.27. The van der Waals surface area contributed by atoms with E-state index in [0.717, 1.165) is 25.7 Å². The first-order valence-corrected chi connectivity index (χ1v) is 6.60. The predicted molar refractivity (Wildman–Crippen MR) is 70.0 cm³/mol. The topological polar surface area (TPSA) is 33.1 Å². The molecule has 0 unspecified atom stereocenters. The van der Waals surface area contributed by atoms with Gasteiger partial charge in [-0.15, -0.1) is 0 Å². The van der Waals surface area contributed by atoms with E-state index in [2.05, 4.69) is 40.7 Å². The van der Waals surface area contributed by atoms with Crippen molar-refractivity contribution in [2.45, 2.75) is 45.3 Å². The van der Waals surface area contributed by atoms with E-state index in [4.69, 9.17) is 0 Å². The van der Waals surface area contributed by atoms with Crippen molar-refractivity contribution in [2.75, 3.05) is 20.1 Å². The van der Waals surface area contributed by atoms with Gasteiger partial charge in [0.15, 0.2) is 0 Å². The normalized spacial score (nSPS) is 16.1. The van der Waals surface area contributed by atoms with Crippen molar-refractivity contribution < 1.29 is 0 Å². The van der Waals surface area contributed by atoms with Gasteiger partial charge >= 0.3 is 0 Å². The average molecular weight is 236 g/mol. The number of likely N-dealkylation sites (N-methyl/N-ethyl adjacent to an activating group) is 1. The summed E-state index contributed by atoms with van der Waals surface area (Å²) in [6.07, 6.45) is 6.64. The minimum Gasteiger partial charge on any atom is -0.331 e. The Labute approximate surface area is 104 Å². The molecular formula is C13H24N4. The first-order chi connectivity index (χ1) is 8.18. The summed E-state index contributed by atoms with van der Waals surface area (Å²) in [6.45, 7) is 7.48. The van der Waals surface area contributed by atoms with Gasteiger partial charge in [-0.2, -0.15) is 0 Å². The van der Waals surface area contributed by atoms with Gasteiger partial charge in [-0.1, -0.05) is 0 Å². The highest BCUT2D eigenvalue weighted by atomic mass is 15.2. The average Bonchev–Trinajstić information content (AvgIpc) is 3.03. The lowest BCUT2D eigenvalue weighted by atomic mass is 10.3. The molecule has 1 fully saturated rings. The van der Waals surface area contributed by atoms with E-state index in [1.54, 1.807) is 0 Å². The van der Waals surface area contributed by atoms with E-state index >= 15 is 0 Å². The number of imidazole rings is 1. The summed E-state index contributed by atoms with van der Waals surface area (Å²) in [4.78, 5) is 6.66. The first kappa shape index (κ1) is 12.6. The Balaban J connectivity index is 1.68. The molecule has 4 nitrogen and oxygen atoms in total. The van der Waals surface area contributed by atoms with E-state index in [-0.39, 0.29) is 0 Å². The quantitative estimate of drug-likeness (QED) is 0.731. The molecule has 0 spiro atoms. The molecule has 0 aliphatic heterocycles. The minimum absolute atomic E-state index is 0.489. The summed E-state index contributed by atoms with van der Waals surface area (Å²) in [5.41, 5.74) is 1.27. The Morgan fingerprint density at radius 1 is 1.53 bits per heavy atom. The molecule has 96 valence electrons. The zero-order chi connectivity index (χ0) is 12.3. The maximum absolute atomic E-state index is 4.21. The van der Waals surface area contributed by atoms with Crippen LogP contribution in [0.3, 0.4) is 0 Å². The molecule has 1 saturated carbocycles. The molecule has 0 aromatic carbocycles. The monoisotopic (exact) mass is 236 g/mol. The fourth-order valence-electron chi connectivity index (χ4n) is 2.10. The van der Waals surface area contributed by atoms with Crippen LogP contribution in [0.25, 0.3) is 0 Å². The lowest BCUT2D eigenvalue weighted by Crippen LogP contribution is -2.30. The van der Waals surface area contributed by atoms with Gasteiger partial charge in [0.2, 0.25) is 0 Å². The van der Waals surface area contributed by atoms with Crippen molar-refractivity contribution in [3.63, 3.8) is 0 Å². The molecule has 1 aliphatic carbocycles. The van der Waals surface area contributed by atoms with Crippen molar-refractivity contribution in [1.29, 1.82) is 0 Å². The molecule has 4 heteroatoms. The Morgan fingerprint density at radius 2 is 2.29 bits per heavy atom. The zero-order valence-corrected chi connectivity index (χ0v) is 11.2. The van der Waals surface area contributed by atoms with Crippen LogP contribution in [0, 0.1) is 0 Å². The number of hydrogen-bond acceptors (Lipinski definition) is 3. The van der Waals surface area contributed by atoms with Crippen LogP contribution in [-0.2, 0) is 6.54 Å². The molecule has 0 saturated heterocycles. The van der Waals surface area contributed by atoms with E-state index < -0.39 is 0 Å². The SMILES string of the molecule is CC(C)n1cncc1CNCCN(C)C1CC1. The van der Waals surface area contributed by atoms with Gasteiger partial charge in [0, 0.05) is 37.9 Å². The van der Waals surface area contributed by atoms with Gasteiger partial charge < -0.3 is 14.8 Å². The summed E-state index contributed by atoms with van der Waals surface area (Å²) in [7, 11) is 2.22. The second kappa shape index (κ2) is 5.65.